The Morgan fingerprint density at radius 3 is 2.45 bits per heavy atom. The summed E-state index contributed by atoms with van der Waals surface area (Å²) in [4.78, 5) is 39.6. The Morgan fingerprint density at radius 2 is 1.76 bits per heavy atom. The summed E-state index contributed by atoms with van der Waals surface area (Å²) in [6, 6.07) is 1.81. The smallest absolute Gasteiger partial charge is 0.339 e. The number of carbonyl (C=O) groups excluding carboxylic acids is 3. The summed E-state index contributed by atoms with van der Waals surface area (Å²) >= 11 is 0. The van der Waals surface area contributed by atoms with Gasteiger partial charge in [-0.1, -0.05) is 19.9 Å². The zero-order valence-corrected chi connectivity index (χ0v) is 19.7. The molecule has 0 aromatic carbocycles. The van der Waals surface area contributed by atoms with Crippen LogP contribution in [0.2, 0.25) is 0 Å². The third kappa shape index (κ3) is 2.23. The molecule has 0 amide bonds. The Hall–Kier alpha value is -2.41. The number of epoxide rings is 1. The second kappa shape index (κ2) is 5.98. The molecule has 176 valence electrons. The van der Waals surface area contributed by atoms with Crippen LogP contribution in [0.4, 0.5) is 0 Å². The summed E-state index contributed by atoms with van der Waals surface area (Å²) in [7, 11) is 0. The first-order valence-corrected chi connectivity index (χ1v) is 11.8. The molecule has 33 heavy (non-hydrogen) atoms. The number of ether oxygens (including phenoxy) is 3. The first kappa shape index (κ1) is 21.1. The van der Waals surface area contributed by atoms with Crippen LogP contribution >= 0.6 is 0 Å². The fourth-order valence-electron chi connectivity index (χ4n) is 8.49. The number of hydrogen-bond donors (Lipinski definition) is 0. The van der Waals surface area contributed by atoms with E-state index < -0.39 is 45.6 Å². The Labute approximate surface area is 192 Å². The molecule has 2 saturated heterocycles. The largest absolute Gasteiger partial charge is 0.472 e. The summed E-state index contributed by atoms with van der Waals surface area (Å²) < 4.78 is 23.3. The Balaban J connectivity index is 1.53. The van der Waals surface area contributed by atoms with E-state index in [4.69, 9.17) is 18.6 Å². The van der Waals surface area contributed by atoms with E-state index in [2.05, 4.69) is 13.8 Å². The van der Waals surface area contributed by atoms with Gasteiger partial charge in [-0.15, -0.1) is 0 Å². The number of allylic oxidation sites excluding steroid dienone is 1. The van der Waals surface area contributed by atoms with Crippen molar-refractivity contribution in [2.45, 2.75) is 77.3 Å². The lowest BCUT2D eigenvalue weighted by molar-refractivity contribution is -0.215. The van der Waals surface area contributed by atoms with E-state index in [9.17, 15) is 14.4 Å². The number of fused-ring (bicyclic) bond motifs is 3. The monoisotopic (exact) mass is 454 g/mol. The van der Waals surface area contributed by atoms with Gasteiger partial charge in [-0.2, -0.15) is 0 Å². The number of cyclic esters (lactones) is 2. The average molecular weight is 455 g/mol. The number of Topliss-reactive ketones (excluding diaryl/α,β-unsaturated/α-hetero) is 1. The molecule has 1 spiro atoms. The zero-order chi connectivity index (χ0) is 23.6. The van der Waals surface area contributed by atoms with Gasteiger partial charge in [-0.25, -0.2) is 9.59 Å². The second-order valence-electron chi connectivity index (χ2n) is 11.7. The first-order valence-electron chi connectivity index (χ1n) is 11.8. The first-order chi connectivity index (χ1) is 15.4. The van der Waals surface area contributed by atoms with E-state index in [1.165, 1.54) is 6.08 Å². The molecule has 7 nitrogen and oxygen atoms in total. The minimum absolute atomic E-state index is 0.0727. The number of furan rings is 1. The van der Waals surface area contributed by atoms with Gasteiger partial charge in [0, 0.05) is 29.4 Å². The molecule has 1 aromatic rings. The molecule has 6 rings (SSSR count). The molecule has 2 saturated carbocycles. The molecule has 7 heteroatoms. The van der Waals surface area contributed by atoms with E-state index >= 15 is 0 Å². The van der Waals surface area contributed by atoms with Gasteiger partial charge in [0.15, 0.2) is 6.10 Å². The highest BCUT2D eigenvalue weighted by Crippen LogP contribution is 2.78. The van der Waals surface area contributed by atoms with Gasteiger partial charge >= 0.3 is 11.9 Å². The molecule has 1 aromatic heterocycles. The molecule has 5 aliphatic rings. The topological polar surface area (TPSA) is 95.3 Å². The summed E-state index contributed by atoms with van der Waals surface area (Å²) in [5, 5.41) is 0. The maximum Gasteiger partial charge on any atom is 0.339 e. The van der Waals surface area contributed by atoms with E-state index in [0.29, 0.717) is 6.42 Å². The molecule has 4 fully saturated rings. The van der Waals surface area contributed by atoms with Crippen LogP contribution in [0, 0.1) is 28.1 Å². The zero-order valence-electron chi connectivity index (χ0n) is 19.7. The van der Waals surface area contributed by atoms with Gasteiger partial charge in [-0.3, -0.25) is 4.79 Å². The van der Waals surface area contributed by atoms with Crippen molar-refractivity contribution in [3.63, 3.8) is 0 Å². The van der Waals surface area contributed by atoms with Gasteiger partial charge in [-0.05, 0) is 51.0 Å². The van der Waals surface area contributed by atoms with Crippen molar-refractivity contribution in [3.05, 3.63) is 36.3 Å². The average Bonchev–Trinajstić information content (AvgIpc) is 3.33. The van der Waals surface area contributed by atoms with Crippen LogP contribution in [-0.2, 0) is 28.6 Å². The maximum absolute atomic E-state index is 14.1. The van der Waals surface area contributed by atoms with Crippen LogP contribution in [0.3, 0.4) is 0 Å². The lowest BCUT2D eigenvalue weighted by Crippen LogP contribution is -2.71. The molecule has 4 heterocycles. The third-order valence-corrected chi connectivity index (χ3v) is 10.0. The third-order valence-electron chi connectivity index (χ3n) is 10.0. The highest BCUT2D eigenvalue weighted by Gasteiger charge is 2.88. The Morgan fingerprint density at radius 1 is 1.00 bits per heavy atom. The molecule has 0 bridgehead atoms. The fraction of sp³-hybridized carbons (Fsp3) is 0.654. The molecule has 0 N–H and O–H groups in total. The fourth-order valence-corrected chi connectivity index (χ4v) is 8.49. The minimum atomic E-state index is -0.958. The number of rotatable bonds is 1. The molecule has 0 unspecified atom stereocenters. The van der Waals surface area contributed by atoms with Crippen molar-refractivity contribution in [3.8, 4) is 0 Å². The second-order valence-corrected chi connectivity index (χ2v) is 11.7. The number of carbonyl (C=O) groups is 3. The Kier molecular flexibility index (Phi) is 3.83. The lowest BCUT2D eigenvalue weighted by Gasteiger charge is -2.64. The quantitative estimate of drug-likeness (QED) is 0.469. The Bertz CT molecular complexity index is 1100. The van der Waals surface area contributed by atoms with E-state index in [1.54, 1.807) is 12.5 Å². The molecular formula is C26H30O7. The van der Waals surface area contributed by atoms with Crippen molar-refractivity contribution in [1.82, 2.24) is 0 Å². The van der Waals surface area contributed by atoms with E-state index in [-0.39, 0.29) is 30.0 Å². The van der Waals surface area contributed by atoms with Gasteiger partial charge in [0.2, 0.25) is 0 Å². The van der Waals surface area contributed by atoms with E-state index in [1.807, 2.05) is 32.9 Å². The lowest BCUT2D eigenvalue weighted by atomic mass is 9.37. The van der Waals surface area contributed by atoms with E-state index in [0.717, 1.165) is 12.0 Å². The molecule has 3 aliphatic heterocycles. The van der Waals surface area contributed by atoms with Crippen LogP contribution in [0.15, 0.2) is 35.2 Å². The predicted octanol–water partition coefficient (Wildman–Crippen LogP) is 3.92. The van der Waals surface area contributed by atoms with Gasteiger partial charge in [0.1, 0.15) is 23.1 Å². The van der Waals surface area contributed by atoms with Crippen molar-refractivity contribution in [2.24, 2.45) is 28.1 Å². The van der Waals surface area contributed by atoms with Crippen molar-refractivity contribution >= 4 is 17.7 Å². The normalized spacial score (nSPS) is 49.5. The van der Waals surface area contributed by atoms with Crippen LogP contribution in [0.25, 0.3) is 0 Å². The van der Waals surface area contributed by atoms with Crippen molar-refractivity contribution < 1.29 is 33.0 Å². The minimum Gasteiger partial charge on any atom is -0.472 e. The number of esters is 2. The highest BCUT2D eigenvalue weighted by atomic mass is 16.7. The molecule has 8 atom stereocenters. The highest BCUT2D eigenvalue weighted by molar-refractivity contribution is 5.93. The SMILES string of the molecule is CC1(C)OC(=O)C=C[C@]2(C)[C@@H]1CC(=O)[C@@]1(C)[C@H]2CC[C@]2(C)[C@@H](c3ccoc3)OC(=O)[C@@H]3O[C@]312. The maximum atomic E-state index is 14.1. The van der Waals surface area contributed by atoms with Gasteiger partial charge < -0.3 is 18.6 Å². The van der Waals surface area contributed by atoms with Gasteiger partial charge in [0.05, 0.1) is 17.9 Å². The van der Waals surface area contributed by atoms with Crippen LogP contribution in [0.1, 0.15) is 65.5 Å². The van der Waals surface area contributed by atoms with Crippen molar-refractivity contribution in [1.29, 1.82) is 0 Å². The number of ketones is 1. The van der Waals surface area contributed by atoms with Crippen LogP contribution in [-0.4, -0.2) is 35.0 Å². The summed E-state index contributed by atoms with van der Waals surface area (Å²) in [6.45, 7) is 9.99. The molecule has 0 radical (unpaired) electrons. The summed E-state index contributed by atoms with van der Waals surface area (Å²) in [5.41, 5.74) is -2.94. The van der Waals surface area contributed by atoms with Crippen molar-refractivity contribution in [2.75, 3.05) is 0 Å². The standard InChI is InChI=1S/C26H30O7/c1-22(2)16-12-17(27)25(5)15(23(16,3)9-7-18(28)32-22)6-10-24(4)19(14-8-11-30-13-14)31-21(29)20-26(24,25)33-20/h7-9,11,13,15-16,19-20H,6,10,12H2,1-5H3/t15-,16+,19+,20-,23-,24+,25+,26-/m0/s1. The van der Waals surface area contributed by atoms with Crippen LogP contribution in [0.5, 0.6) is 0 Å². The summed E-state index contributed by atoms with van der Waals surface area (Å²) in [5.74, 6) is -1.02. The molecular weight excluding hydrogens is 424 g/mol. The summed E-state index contributed by atoms with van der Waals surface area (Å²) in [6.07, 6.45) is 7.04. The van der Waals surface area contributed by atoms with Gasteiger partial charge in [0.25, 0.3) is 0 Å². The predicted molar refractivity (Wildman–Crippen MR) is 115 cm³/mol. The van der Waals surface area contributed by atoms with Crippen LogP contribution < -0.4 is 0 Å². The number of hydrogen-bond acceptors (Lipinski definition) is 7. The molecule has 2 aliphatic carbocycles.